The standard InChI is InChI=1S/C34H51N3/c1-3-5-7-9-11-12-14-16-29-17-19-30(20-18-29)32-26-36-33(37-27-32)31-21-24-34(28-35,25-22-31)23-15-13-10-8-6-4-2/h17-20,26-27,31H,3-16,21-25H2,1-2H3. The Kier molecular flexibility index (Phi) is 13.2. The molecule has 1 aliphatic carbocycles. The quantitative estimate of drug-likeness (QED) is 0.202. The average molecular weight is 502 g/mol. The van der Waals surface area contributed by atoms with Gasteiger partial charge in [0.1, 0.15) is 5.82 Å². The molecule has 3 nitrogen and oxygen atoms in total. The van der Waals surface area contributed by atoms with Gasteiger partial charge in [0.15, 0.2) is 0 Å². The first kappa shape index (κ1) is 29.3. The normalized spacial score (nSPS) is 19.5. The summed E-state index contributed by atoms with van der Waals surface area (Å²) in [5.41, 5.74) is 3.61. The van der Waals surface area contributed by atoms with E-state index in [9.17, 15) is 5.26 Å². The van der Waals surface area contributed by atoms with Crippen LogP contribution in [0.1, 0.15) is 147 Å². The van der Waals surface area contributed by atoms with Crippen LogP contribution in [0.3, 0.4) is 0 Å². The van der Waals surface area contributed by atoms with Crippen molar-refractivity contribution in [2.24, 2.45) is 5.41 Å². The van der Waals surface area contributed by atoms with Gasteiger partial charge in [0.05, 0.1) is 11.5 Å². The molecule has 202 valence electrons. The highest BCUT2D eigenvalue weighted by molar-refractivity contribution is 5.61. The minimum atomic E-state index is -0.113. The summed E-state index contributed by atoms with van der Waals surface area (Å²) in [6.07, 6.45) is 27.6. The molecule has 1 aromatic carbocycles. The Morgan fingerprint density at radius 2 is 1.27 bits per heavy atom. The van der Waals surface area contributed by atoms with Crippen molar-refractivity contribution in [1.29, 1.82) is 5.26 Å². The molecule has 0 unspecified atom stereocenters. The summed E-state index contributed by atoms with van der Waals surface area (Å²) < 4.78 is 0. The molecule has 1 saturated carbocycles. The van der Waals surface area contributed by atoms with Crippen molar-refractivity contribution in [3.05, 3.63) is 48.0 Å². The summed E-state index contributed by atoms with van der Waals surface area (Å²) in [6, 6.07) is 11.7. The Balaban J connectivity index is 1.42. The van der Waals surface area contributed by atoms with E-state index in [0.717, 1.165) is 43.5 Å². The molecule has 0 spiro atoms. The second-order valence-electron chi connectivity index (χ2n) is 11.6. The smallest absolute Gasteiger partial charge is 0.131 e. The second-order valence-corrected chi connectivity index (χ2v) is 11.6. The summed E-state index contributed by atoms with van der Waals surface area (Å²) in [4.78, 5) is 9.55. The molecule has 1 aliphatic rings. The van der Waals surface area contributed by atoms with Gasteiger partial charge < -0.3 is 0 Å². The third-order valence-corrected chi connectivity index (χ3v) is 8.58. The van der Waals surface area contributed by atoms with Gasteiger partial charge in [-0.1, -0.05) is 115 Å². The highest BCUT2D eigenvalue weighted by Crippen LogP contribution is 2.45. The van der Waals surface area contributed by atoms with E-state index in [2.05, 4.69) is 44.2 Å². The number of rotatable bonds is 17. The summed E-state index contributed by atoms with van der Waals surface area (Å²) in [6.45, 7) is 4.54. The number of aromatic nitrogens is 2. The molecule has 0 saturated heterocycles. The molecule has 2 aromatic rings. The van der Waals surface area contributed by atoms with E-state index in [0.29, 0.717) is 5.92 Å². The number of unbranched alkanes of at least 4 members (excludes halogenated alkanes) is 11. The molecule has 0 atom stereocenters. The van der Waals surface area contributed by atoms with Gasteiger partial charge >= 0.3 is 0 Å². The van der Waals surface area contributed by atoms with Gasteiger partial charge in [-0.2, -0.15) is 5.26 Å². The van der Waals surface area contributed by atoms with E-state index in [-0.39, 0.29) is 5.41 Å². The number of hydrogen-bond acceptors (Lipinski definition) is 3. The van der Waals surface area contributed by atoms with Crippen LogP contribution in [0.2, 0.25) is 0 Å². The van der Waals surface area contributed by atoms with Gasteiger partial charge in [-0.3, -0.25) is 0 Å². The molecule has 0 bridgehead atoms. The fourth-order valence-corrected chi connectivity index (χ4v) is 5.94. The van der Waals surface area contributed by atoms with Crippen molar-refractivity contribution < 1.29 is 0 Å². The minimum absolute atomic E-state index is 0.113. The molecular weight excluding hydrogens is 450 g/mol. The van der Waals surface area contributed by atoms with Crippen LogP contribution in [0.25, 0.3) is 11.1 Å². The lowest BCUT2D eigenvalue weighted by atomic mass is 9.68. The molecule has 3 heteroatoms. The van der Waals surface area contributed by atoms with E-state index in [1.807, 2.05) is 12.4 Å². The number of nitriles is 1. The van der Waals surface area contributed by atoms with Gasteiger partial charge in [-0.15, -0.1) is 0 Å². The van der Waals surface area contributed by atoms with Gasteiger partial charge in [0.25, 0.3) is 0 Å². The Morgan fingerprint density at radius 1 is 0.730 bits per heavy atom. The number of hydrogen-bond donors (Lipinski definition) is 0. The molecule has 1 fully saturated rings. The largest absolute Gasteiger partial charge is 0.240 e. The molecule has 0 aliphatic heterocycles. The van der Waals surface area contributed by atoms with Gasteiger partial charge in [-0.05, 0) is 56.1 Å². The predicted octanol–water partition coefficient (Wildman–Crippen LogP) is 10.4. The zero-order valence-electron chi connectivity index (χ0n) is 23.8. The molecule has 0 N–H and O–H groups in total. The average Bonchev–Trinajstić information content (AvgIpc) is 2.95. The van der Waals surface area contributed by atoms with Gasteiger partial charge in [0.2, 0.25) is 0 Å². The lowest BCUT2D eigenvalue weighted by Crippen LogP contribution is -2.26. The van der Waals surface area contributed by atoms with Crippen molar-refractivity contribution in [2.45, 2.75) is 142 Å². The first-order valence-electron chi connectivity index (χ1n) is 15.5. The zero-order chi connectivity index (χ0) is 26.2. The van der Waals surface area contributed by atoms with Crippen LogP contribution in [0.5, 0.6) is 0 Å². The van der Waals surface area contributed by atoms with E-state index >= 15 is 0 Å². The van der Waals surface area contributed by atoms with E-state index in [1.54, 1.807) is 0 Å². The Bertz CT molecular complexity index is 902. The Labute approximate surface area is 227 Å². The van der Waals surface area contributed by atoms with Crippen LogP contribution in [-0.2, 0) is 6.42 Å². The van der Waals surface area contributed by atoms with Crippen LogP contribution in [0.4, 0.5) is 0 Å². The highest BCUT2D eigenvalue weighted by atomic mass is 14.9. The minimum Gasteiger partial charge on any atom is -0.240 e. The van der Waals surface area contributed by atoms with Crippen molar-refractivity contribution in [2.75, 3.05) is 0 Å². The molecule has 1 aromatic heterocycles. The first-order valence-corrected chi connectivity index (χ1v) is 15.5. The van der Waals surface area contributed by atoms with E-state index in [1.165, 1.54) is 101 Å². The summed E-state index contributed by atoms with van der Waals surface area (Å²) in [5, 5.41) is 9.94. The van der Waals surface area contributed by atoms with Crippen molar-refractivity contribution in [1.82, 2.24) is 9.97 Å². The maximum Gasteiger partial charge on any atom is 0.131 e. The number of aryl methyl sites for hydroxylation is 1. The Hall–Kier alpha value is -2.21. The molecular formula is C34H51N3. The summed E-state index contributed by atoms with van der Waals surface area (Å²) in [7, 11) is 0. The van der Waals surface area contributed by atoms with Crippen LogP contribution < -0.4 is 0 Å². The van der Waals surface area contributed by atoms with Crippen LogP contribution in [0, 0.1) is 16.7 Å². The zero-order valence-corrected chi connectivity index (χ0v) is 23.8. The molecule has 0 amide bonds. The van der Waals surface area contributed by atoms with Crippen LogP contribution in [-0.4, -0.2) is 9.97 Å². The number of benzene rings is 1. The monoisotopic (exact) mass is 501 g/mol. The van der Waals surface area contributed by atoms with Crippen LogP contribution in [0.15, 0.2) is 36.7 Å². The lowest BCUT2D eigenvalue weighted by molar-refractivity contribution is 0.219. The van der Waals surface area contributed by atoms with Crippen LogP contribution >= 0.6 is 0 Å². The van der Waals surface area contributed by atoms with E-state index in [4.69, 9.17) is 9.97 Å². The molecule has 0 radical (unpaired) electrons. The third kappa shape index (κ3) is 9.88. The SMILES string of the molecule is CCCCCCCCCc1ccc(-c2cnc(C3CCC(C#N)(CCCCCCCC)CC3)nc2)cc1. The van der Waals surface area contributed by atoms with Gasteiger partial charge in [-0.25, -0.2) is 9.97 Å². The summed E-state index contributed by atoms with van der Waals surface area (Å²) >= 11 is 0. The number of nitrogens with zero attached hydrogens (tertiary/aromatic N) is 3. The predicted molar refractivity (Wildman–Crippen MR) is 156 cm³/mol. The van der Waals surface area contributed by atoms with Gasteiger partial charge in [0, 0.05) is 23.9 Å². The fraction of sp³-hybridized carbons (Fsp3) is 0.676. The van der Waals surface area contributed by atoms with Crippen molar-refractivity contribution >= 4 is 0 Å². The maximum absolute atomic E-state index is 9.94. The third-order valence-electron chi connectivity index (χ3n) is 8.58. The van der Waals surface area contributed by atoms with Crippen molar-refractivity contribution in [3.63, 3.8) is 0 Å². The lowest BCUT2D eigenvalue weighted by Gasteiger charge is -2.34. The highest BCUT2D eigenvalue weighted by Gasteiger charge is 2.36. The topological polar surface area (TPSA) is 49.6 Å². The molecule has 37 heavy (non-hydrogen) atoms. The Morgan fingerprint density at radius 3 is 1.84 bits per heavy atom. The molecule has 1 heterocycles. The summed E-state index contributed by atoms with van der Waals surface area (Å²) in [5.74, 6) is 1.36. The van der Waals surface area contributed by atoms with E-state index < -0.39 is 0 Å². The maximum atomic E-state index is 9.94. The fourth-order valence-electron chi connectivity index (χ4n) is 5.94. The van der Waals surface area contributed by atoms with Crippen molar-refractivity contribution in [3.8, 4) is 17.2 Å². The first-order chi connectivity index (χ1) is 18.2. The second kappa shape index (κ2) is 16.6. The molecule has 3 rings (SSSR count).